The van der Waals surface area contributed by atoms with E-state index in [0.29, 0.717) is 0 Å². The van der Waals surface area contributed by atoms with Gasteiger partial charge in [-0.2, -0.15) is 0 Å². The van der Waals surface area contributed by atoms with E-state index in [9.17, 15) is 4.79 Å². The van der Waals surface area contributed by atoms with Gasteiger partial charge in [-0.25, -0.2) is 0 Å². The monoisotopic (exact) mass is 239 g/mol. The Balaban J connectivity index is 2.00. The molecule has 0 unspecified atom stereocenters. The summed E-state index contributed by atoms with van der Waals surface area (Å²) in [4.78, 5) is 15.4. The minimum Gasteiger partial charge on any atom is -0.295 e. The molecule has 1 aromatic carbocycles. The van der Waals surface area contributed by atoms with Crippen LogP contribution in [0.25, 0.3) is 0 Å². The zero-order valence-corrected chi connectivity index (χ0v) is 10.8. The van der Waals surface area contributed by atoms with Crippen LogP contribution in [0.15, 0.2) is 42.6 Å². The highest BCUT2D eigenvalue weighted by atomic mass is 16.1. The highest BCUT2D eigenvalue weighted by Gasteiger charge is 2.00. The van der Waals surface area contributed by atoms with Crippen molar-refractivity contribution in [2.75, 3.05) is 0 Å². The Morgan fingerprint density at radius 3 is 2.33 bits per heavy atom. The summed E-state index contributed by atoms with van der Waals surface area (Å²) >= 11 is 0. The van der Waals surface area contributed by atoms with Crippen LogP contribution in [0.2, 0.25) is 0 Å². The Morgan fingerprint density at radius 2 is 1.72 bits per heavy atom. The van der Waals surface area contributed by atoms with Crippen LogP contribution in [-0.4, -0.2) is 10.8 Å². The van der Waals surface area contributed by atoms with Gasteiger partial charge in [0.2, 0.25) is 0 Å². The SMILES string of the molecule is CC(=O)c1ccc(CCc2ccnc(C)c2)cc1. The van der Waals surface area contributed by atoms with E-state index >= 15 is 0 Å². The first-order valence-corrected chi connectivity index (χ1v) is 6.16. The lowest BCUT2D eigenvalue weighted by molar-refractivity contribution is 0.101. The zero-order valence-electron chi connectivity index (χ0n) is 10.8. The normalized spacial score (nSPS) is 10.3. The quantitative estimate of drug-likeness (QED) is 0.766. The van der Waals surface area contributed by atoms with Crippen molar-refractivity contribution in [3.8, 4) is 0 Å². The molecule has 0 aliphatic rings. The van der Waals surface area contributed by atoms with Gasteiger partial charge in [0.15, 0.2) is 5.78 Å². The van der Waals surface area contributed by atoms with Gasteiger partial charge < -0.3 is 0 Å². The van der Waals surface area contributed by atoms with Crippen LogP contribution in [0.5, 0.6) is 0 Å². The van der Waals surface area contributed by atoms with Crippen LogP contribution < -0.4 is 0 Å². The van der Waals surface area contributed by atoms with Gasteiger partial charge in [-0.1, -0.05) is 24.3 Å². The van der Waals surface area contributed by atoms with Gasteiger partial charge in [0, 0.05) is 17.5 Å². The van der Waals surface area contributed by atoms with Crippen molar-refractivity contribution in [2.24, 2.45) is 0 Å². The van der Waals surface area contributed by atoms with E-state index in [1.165, 1.54) is 11.1 Å². The van der Waals surface area contributed by atoms with Gasteiger partial charge in [0.25, 0.3) is 0 Å². The minimum atomic E-state index is 0.117. The molecule has 0 N–H and O–H groups in total. The smallest absolute Gasteiger partial charge is 0.159 e. The second-order valence-electron chi connectivity index (χ2n) is 4.56. The third-order valence-corrected chi connectivity index (χ3v) is 3.02. The summed E-state index contributed by atoms with van der Waals surface area (Å²) < 4.78 is 0. The van der Waals surface area contributed by atoms with E-state index in [2.05, 4.69) is 17.1 Å². The number of Topliss-reactive ketones (excluding diaryl/α,β-unsaturated/α-hetero) is 1. The van der Waals surface area contributed by atoms with Crippen molar-refractivity contribution in [1.82, 2.24) is 4.98 Å². The Morgan fingerprint density at radius 1 is 1.06 bits per heavy atom. The molecule has 18 heavy (non-hydrogen) atoms. The maximum Gasteiger partial charge on any atom is 0.159 e. The molecule has 0 saturated carbocycles. The number of aromatic nitrogens is 1. The second-order valence-corrected chi connectivity index (χ2v) is 4.56. The summed E-state index contributed by atoms with van der Waals surface area (Å²) in [5.74, 6) is 0.117. The standard InChI is InChI=1S/C16H17NO/c1-12-11-15(9-10-17-12)4-3-14-5-7-16(8-6-14)13(2)18/h5-11H,3-4H2,1-2H3. The summed E-state index contributed by atoms with van der Waals surface area (Å²) in [6.45, 7) is 3.60. The summed E-state index contributed by atoms with van der Waals surface area (Å²) in [6.07, 6.45) is 3.84. The highest BCUT2D eigenvalue weighted by Crippen LogP contribution is 2.10. The largest absolute Gasteiger partial charge is 0.295 e. The third kappa shape index (κ3) is 3.27. The van der Waals surface area contributed by atoms with Crippen molar-refractivity contribution in [1.29, 1.82) is 0 Å². The molecular weight excluding hydrogens is 222 g/mol. The molecule has 2 nitrogen and oxygen atoms in total. The molecule has 0 radical (unpaired) electrons. The van der Waals surface area contributed by atoms with Crippen LogP contribution in [0.4, 0.5) is 0 Å². The number of rotatable bonds is 4. The highest BCUT2D eigenvalue weighted by molar-refractivity contribution is 5.93. The lowest BCUT2D eigenvalue weighted by atomic mass is 10.0. The molecule has 2 rings (SSSR count). The topological polar surface area (TPSA) is 30.0 Å². The van der Waals surface area contributed by atoms with E-state index in [-0.39, 0.29) is 5.78 Å². The Bertz CT molecular complexity index is 543. The van der Waals surface area contributed by atoms with Gasteiger partial charge in [-0.05, 0) is 49.9 Å². The average molecular weight is 239 g/mol. The predicted octanol–water partition coefficient (Wildman–Crippen LogP) is 3.38. The van der Waals surface area contributed by atoms with E-state index in [1.807, 2.05) is 37.4 Å². The van der Waals surface area contributed by atoms with Gasteiger partial charge in [-0.15, -0.1) is 0 Å². The Hall–Kier alpha value is -1.96. The fraction of sp³-hybridized carbons (Fsp3) is 0.250. The summed E-state index contributed by atoms with van der Waals surface area (Å²) in [5, 5.41) is 0. The van der Waals surface area contributed by atoms with Crippen molar-refractivity contribution in [3.05, 3.63) is 65.0 Å². The van der Waals surface area contributed by atoms with Crippen LogP contribution in [-0.2, 0) is 12.8 Å². The van der Waals surface area contributed by atoms with Crippen molar-refractivity contribution >= 4 is 5.78 Å². The number of hydrogen-bond donors (Lipinski definition) is 0. The first-order valence-electron chi connectivity index (χ1n) is 6.16. The maximum atomic E-state index is 11.2. The number of carbonyl (C=O) groups excluding carboxylic acids is 1. The van der Waals surface area contributed by atoms with Crippen LogP contribution in [0, 0.1) is 6.92 Å². The molecule has 0 amide bonds. The maximum absolute atomic E-state index is 11.2. The average Bonchev–Trinajstić information content (AvgIpc) is 2.37. The fourth-order valence-electron chi connectivity index (χ4n) is 1.95. The molecule has 0 fully saturated rings. The molecule has 0 atom stereocenters. The van der Waals surface area contributed by atoms with Crippen molar-refractivity contribution in [2.45, 2.75) is 26.7 Å². The lowest BCUT2D eigenvalue weighted by Gasteiger charge is -2.04. The summed E-state index contributed by atoms with van der Waals surface area (Å²) in [5.41, 5.74) is 4.39. The molecule has 0 aliphatic carbocycles. The molecule has 1 heterocycles. The number of benzene rings is 1. The molecule has 0 spiro atoms. The Kier molecular flexibility index (Phi) is 3.88. The second kappa shape index (κ2) is 5.58. The van der Waals surface area contributed by atoms with Gasteiger partial charge in [-0.3, -0.25) is 9.78 Å². The number of hydrogen-bond acceptors (Lipinski definition) is 2. The number of pyridine rings is 1. The first-order chi connectivity index (χ1) is 8.65. The van der Waals surface area contributed by atoms with Crippen LogP contribution in [0.1, 0.15) is 34.1 Å². The van der Waals surface area contributed by atoms with Gasteiger partial charge in [0.05, 0.1) is 0 Å². The van der Waals surface area contributed by atoms with Crippen LogP contribution >= 0.6 is 0 Å². The zero-order chi connectivity index (χ0) is 13.0. The molecule has 0 saturated heterocycles. The lowest BCUT2D eigenvalue weighted by Crippen LogP contribution is -1.95. The van der Waals surface area contributed by atoms with Gasteiger partial charge >= 0.3 is 0 Å². The molecular formula is C16H17NO. The number of ketones is 1. The number of nitrogens with zero attached hydrogens (tertiary/aromatic N) is 1. The molecule has 0 aliphatic heterocycles. The molecule has 1 aromatic heterocycles. The van der Waals surface area contributed by atoms with Gasteiger partial charge in [0.1, 0.15) is 0 Å². The van der Waals surface area contributed by atoms with Crippen molar-refractivity contribution in [3.63, 3.8) is 0 Å². The number of aryl methyl sites for hydroxylation is 3. The third-order valence-electron chi connectivity index (χ3n) is 3.02. The van der Waals surface area contributed by atoms with E-state index < -0.39 is 0 Å². The summed E-state index contributed by atoms with van der Waals surface area (Å²) in [7, 11) is 0. The van der Waals surface area contributed by atoms with E-state index in [1.54, 1.807) is 6.92 Å². The fourth-order valence-corrected chi connectivity index (χ4v) is 1.95. The predicted molar refractivity (Wildman–Crippen MR) is 72.8 cm³/mol. The first kappa shape index (κ1) is 12.5. The van der Waals surface area contributed by atoms with Crippen LogP contribution in [0.3, 0.4) is 0 Å². The molecule has 2 heteroatoms. The Labute approximate surface area is 108 Å². The van der Waals surface area contributed by atoms with E-state index in [0.717, 1.165) is 24.1 Å². The number of carbonyl (C=O) groups is 1. The van der Waals surface area contributed by atoms with Crippen molar-refractivity contribution < 1.29 is 4.79 Å². The molecule has 0 bridgehead atoms. The molecule has 92 valence electrons. The minimum absolute atomic E-state index is 0.117. The molecule has 2 aromatic rings. The summed E-state index contributed by atoms with van der Waals surface area (Å²) in [6, 6.07) is 12.0. The van der Waals surface area contributed by atoms with E-state index in [4.69, 9.17) is 0 Å².